The van der Waals surface area contributed by atoms with Crippen LogP contribution in [0.4, 0.5) is 0 Å². The van der Waals surface area contributed by atoms with Crippen molar-refractivity contribution in [3.8, 4) is 11.4 Å². The van der Waals surface area contributed by atoms with Crippen molar-refractivity contribution in [3.63, 3.8) is 0 Å². The van der Waals surface area contributed by atoms with Gasteiger partial charge in [0, 0.05) is 42.8 Å². The lowest BCUT2D eigenvalue weighted by atomic mass is 10.1. The molecule has 0 aliphatic heterocycles. The van der Waals surface area contributed by atoms with Crippen LogP contribution < -0.4 is 9.46 Å². The normalized spacial score (nSPS) is 10.4. The number of aryl methyl sites for hydroxylation is 2. The molecule has 98 valence electrons. The Hall–Kier alpha value is -2.63. The predicted octanol–water partition coefficient (Wildman–Crippen LogP) is 0.827. The van der Waals surface area contributed by atoms with Crippen molar-refractivity contribution in [2.75, 3.05) is 0 Å². The molecular formula is C13H13N2O4+. The number of carboxylic acids is 1. The Morgan fingerprint density at radius 2 is 1.84 bits per heavy atom. The molecule has 0 spiro atoms. The summed E-state index contributed by atoms with van der Waals surface area (Å²) in [5.74, 6) is -1.12. The average molecular weight is 261 g/mol. The molecule has 0 aromatic carbocycles. The maximum atomic E-state index is 12.0. The second kappa shape index (κ2) is 4.56. The summed E-state index contributed by atoms with van der Waals surface area (Å²) in [6.45, 7) is 3.19. The van der Waals surface area contributed by atoms with Gasteiger partial charge in [0.05, 0.1) is 5.56 Å². The monoisotopic (exact) mass is 261 g/mol. The molecule has 0 amide bonds. The van der Waals surface area contributed by atoms with Gasteiger partial charge in [-0.2, -0.15) is 4.73 Å². The van der Waals surface area contributed by atoms with E-state index in [9.17, 15) is 15.2 Å². The fourth-order valence-electron chi connectivity index (χ4n) is 1.83. The minimum atomic E-state index is -1.12. The van der Waals surface area contributed by atoms with Gasteiger partial charge in [0.15, 0.2) is 5.69 Å². The van der Waals surface area contributed by atoms with Crippen molar-refractivity contribution >= 4 is 5.97 Å². The Bertz CT molecular complexity index is 668. The Kier molecular flexibility index (Phi) is 3.08. The van der Waals surface area contributed by atoms with Crippen molar-refractivity contribution in [1.29, 1.82) is 0 Å². The number of aromatic carboxylic acids is 1. The van der Waals surface area contributed by atoms with Gasteiger partial charge in [-0.25, -0.2) is 4.79 Å². The number of carbonyl (C=O) groups is 1. The second-order valence-electron chi connectivity index (χ2n) is 4.23. The topological polar surface area (TPSA) is 88.3 Å². The smallest absolute Gasteiger partial charge is 0.336 e. The standard InChI is InChI=1S/C13H12N2O4/c1-8-4-3-5-11(14(8)18)12-7-10(13(16)17)6-9(2)15(12)19/h3-7H,1-2H3,(H-,16,17,18)/p+1. The molecule has 0 saturated carbocycles. The Morgan fingerprint density at radius 1 is 1.16 bits per heavy atom. The number of carboxylic acid groups (broad SMARTS) is 1. The third kappa shape index (κ3) is 2.20. The Labute approximate surface area is 109 Å². The highest BCUT2D eigenvalue weighted by Gasteiger charge is 2.26. The van der Waals surface area contributed by atoms with Crippen molar-refractivity contribution in [2.24, 2.45) is 0 Å². The molecule has 0 saturated heterocycles. The molecule has 0 fully saturated rings. The molecule has 2 aromatic rings. The zero-order valence-corrected chi connectivity index (χ0v) is 10.5. The molecule has 0 atom stereocenters. The number of hydrogen-bond donors (Lipinski definition) is 2. The minimum Gasteiger partial charge on any atom is -0.618 e. The first-order valence-corrected chi connectivity index (χ1v) is 5.60. The highest BCUT2D eigenvalue weighted by Crippen LogP contribution is 2.14. The molecule has 19 heavy (non-hydrogen) atoms. The maximum Gasteiger partial charge on any atom is 0.336 e. The maximum absolute atomic E-state index is 12.0. The van der Waals surface area contributed by atoms with Gasteiger partial charge >= 0.3 is 11.7 Å². The Morgan fingerprint density at radius 3 is 2.47 bits per heavy atom. The van der Waals surface area contributed by atoms with Crippen LogP contribution in [0.1, 0.15) is 21.7 Å². The van der Waals surface area contributed by atoms with Crippen LogP contribution in [-0.2, 0) is 0 Å². The summed E-state index contributed by atoms with van der Waals surface area (Å²) in [5, 5.41) is 30.9. The summed E-state index contributed by atoms with van der Waals surface area (Å²) in [7, 11) is 0. The summed E-state index contributed by atoms with van der Waals surface area (Å²) in [5.41, 5.74) is 1.11. The van der Waals surface area contributed by atoms with Gasteiger partial charge in [-0.05, 0) is 6.07 Å². The van der Waals surface area contributed by atoms with E-state index in [0.717, 1.165) is 4.73 Å². The van der Waals surface area contributed by atoms with Crippen LogP contribution in [0.5, 0.6) is 0 Å². The van der Waals surface area contributed by atoms with E-state index in [-0.39, 0.29) is 22.6 Å². The van der Waals surface area contributed by atoms with Gasteiger partial charge in [-0.1, -0.05) is 0 Å². The van der Waals surface area contributed by atoms with Gasteiger partial charge in [0.2, 0.25) is 5.69 Å². The van der Waals surface area contributed by atoms with E-state index in [0.29, 0.717) is 10.4 Å². The fraction of sp³-hybridized carbons (Fsp3) is 0.154. The molecule has 2 heterocycles. The lowest BCUT2D eigenvalue weighted by Gasteiger charge is -2.06. The van der Waals surface area contributed by atoms with Crippen LogP contribution in [0.25, 0.3) is 11.4 Å². The van der Waals surface area contributed by atoms with Crippen LogP contribution in [0, 0.1) is 19.1 Å². The number of nitrogens with zero attached hydrogens (tertiary/aromatic N) is 2. The summed E-state index contributed by atoms with van der Waals surface area (Å²) < 4.78 is 1.45. The number of aromatic nitrogens is 2. The zero-order chi connectivity index (χ0) is 14.2. The van der Waals surface area contributed by atoms with Crippen LogP contribution in [0.15, 0.2) is 30.3 Å². The third-order valence-corrected chi connectivity index (χ3v) is 2.86. The van der Waals surface area contributed by atoms with E-state index >= 15 is 0 Å². The number of pyridine rings is 2. The molecule has 0 radical (unpaired) electrons. The van der Waals surface area contributed by atoms with Gasteiger partial charge in [0.25, 0.3) is 5.69 Å². The summed E-state index contributed by atoms with van der Waals surface area (Å²) in [6.07, 6.45) is 0. The number of hydrogen-bond acceptors (Lipinski definition) is 3. The van der Waals surface area contributed by atoms with Crippen LogP contribution in [-0.4, -0.2) is 16.3 Å². The first-order valence-electron chi connectivity index (χ1n) is 5.60. The molecule has 2 aromatic heterocycles. The van der Waals surface area contributed by atoms with Crippen LogP contribution in [0.2, 0.25) is 0 Å². The molecule has 6 heteroatoms. The van der Waals surface area contributed by atoms with E-state index < -0.39 is 5.97 Å². The fourth-order valence-corrected chi connectivity index (χ4v) is 1.83. The van der Waals surface area contributed by atoms with Gasteiger partial charge in [-0.15, -0.1) is 0 Å². The predicted molar refractivity (Wildman–Crippen MR) is 64.7 cm³/mol. The SMILES string of the molecule is Cc1cc(C(=O)O)cc(-c2cccc(C)[n+]2O)[n+]1[O-]. The highest BCUT2D eigenvalue weighted by atomic mass is 16.5. The first kappa shape index (κ1) is 12.8. The number of rotatable bonds is 2. The zero-order valence-electron chi connectivity index (χ0n) is 10.5. The third-order valence-electron chi connectivity index (χ3n) is 2.86. The highest BCUT2D eigenvalue weighted by molar-refractivity contribution is 5.88. The van der Waals surface area contributed by atoms with Crippen molar-refractivity contribution < 1.29 is 24.6 Å². The molecule has 2 rings (SSSR count). The van der Waals surface area contributed by atoms with Crippen LogP contribution >= 0.6 is 0 Å². The summed E-state index contributed by atoms with van der Waals surface area (Å²) in [6, 6.07) is 7.43. The second-order valence-corrected chi connectivity index (χ2v) is 4.23. The molecule has 2 N–H and O–H groups in total. The molecule has 6 nitrogen and oxygen atoms in total. The lowest BCUT2D eigenvalue weighted by molar-refractivity contribution is -0.902. The van der Waals surface area contributed by atoms with E-state index in [1.165, 1.54) is 19.1 Å². The van der Waals surface area contributed by atoms with E-state index in [1.54, 1.807) is 25.1 Å². The molecule has 0 bridgehead atoms. The molecule has 0 unspecified atom stereocenters. The molecular weight excluding hydrogens is 248 g/mol. The van der Waals surface area contributed by atoms with E-state index in [2.05, 4.69) is 0 Å². The van der Waals surface area contributed by atoms with Gasteiger partial charge in [0.1, 0.15) is 0 Å². The van der Waals surface area contributed by atoms with E-state index in [1.807, 2.05) is 0 Å². The largest absolute Gasteiger partial charge is 0.618 e. The van der Waals surface area contributed by atoms with Crippen LogP contribution in [0.3, 0.4) is 0 Å². The molecule has 0 aliphatic rings. The first-order chi connectivity index (χ1) is 8.91. The summed E-state index contributed by atoms with van der Waals surface area (Å²) >= 11 is 0. The minimum absolute atomic E-state index is 0.00102. The van der Waals surface area contributed by atoms with E-state index in [4.69, 9.17) is 5.11 Å². The quantitative estimate of drug-likeness (QED) is 0.476. The summed E-state index contributed by atoms with van der Waals surface area (Å²) in [4.78, 5) is 11.0. The van der Waals surface area contributed by atoms with Crippen molar-refractivity contribution in [2.45, 2.75) is 13.8 Å². The van der Waals surface area contributed by atoms with Gasteiger partial charge in [-0.3, -0.25) is 5.21 Å². The van der Waals surface area contributed by atoms with Crippen molar-refractivity contribution in [3.05, 3.63) is 52.5 Å². The van der Waals surface area contributed by atoms with Crippen molar-refractivity contribution in [1.82, 2.24) is 0 Å². The lowest BCUT2D eigenvalue weighted by Crippen LogP contribution is -2.42. The van der Waals surface area contributed by atoms with Gasteiger partial charge < -0.3 is 10.3 Å². The Balaban J connectivity index is 2.74. The average Bonchev–Trinajstić information content (AvgIpc) is 2.36. The molecule has 0 aliphatic carbocycles.